The molecule has 1 aliphatic heterocycles. The van der Waals surface area contributed by atoms with Crippen LogP contribution in [0.15, 0.2) is 23.2 Å². The minimum atomic E-state index is -3.14. The highest BCUT2D eigenvalue weighted by molar-refractivity contribution is 7.78. The maximum Gasteiger partial charge on any atom is 0.358 e. The van der Waals surface area contributed by atoms with Gasteiger partial charge < -0.3 is 14.2 Å². The minimum Gasteiger partial charge on any atom is -0.352 e. The summed E-state index contributed by atoms with van der Waals surface area (Å²) in [7, 11) is 0. The molecular weight excluding hydrogens is 571 g/mol. The molecule has 3 aliphatic carbocycles. The van der Waals surface area contributed by atoms with E-state index in [1.165, 1.54) is 57.4 Å². The van der Waals surface area contributed by atoms with Crippen LogP contribution in [0.3, 0.4) is 0 Å². The summed E-state index contributed by atoms with van der Waals surface area (Å²) in [6, 6.07) is 4.91. The Labute approximate surface area is 261 Å². The fourth-order valence-corrected chi connectivity index (χ4v) is 8.28. The molecule has 4 aliphatic rings. The van der Waals surface area contributed by atoms with Gasteiger partial charge in [-0.05, 0) is 112 Å². The summed E-state index contributed by atoms with van der Waals surface area (Å²) in [5.41, 5.74) is 1.04. The van der Waals surface area contributed by atoms with Crippen molar-refractivity contribution in [2.45, 2.75) is 134 Å². The lowest BCUT2D eigenvalue weighted by molar-refractivity contribution is -0.305. The number of isothiocyanates is 1. The van der Waals surface area contributed by atoms with Crippen molar-refractivity contribution in [2.75, 3.05) is 13.2 Å². The van der Waals surface area contributed by atoms with Gasteiger partial charge in [-0.1, -0.05) is 51.5 Å². The summed E-state index contributed by atoms with van der Waals surface area (Å²) in [5, 5.41) is 2.18. The number of benzene rings is 1. The van der Waals surface area contributed by atoms with Crippen LogP contribution in [0.25, 0.3) is 0 Å². The average molecular weight is 622 g/mol. The summed E-state index contributed by atoms with van der Waals surface area (Å²) in [5.74, 6) is 1.18. The number of halogens is 3. The molecule has 5 rings (SSSR count). The van der Waals surface area contributed by atoms with Gasteiger partial charge in [-0.2, -0.15) is 13.8 Å². The highest BCUT2D eigenvalue weighted by Crippen LogP contribution is 2.45. The molecule has 240 valence electrons. The Morgan fingerprint density at radius 1 is 0.884 bits per heavy atom. The third-order valence-corrected chi connectivity index (χ3v) is 11.1. The van der Waals surface area contributed by atoms with Crippen molar-refractivity contribution in [3.05, 3.63) is 29.6 Å². The number of rotatable bonds is 11. The van der Waals surface area contributed by atoms with Gasteiger partial charge in [0.05, 0.1) is 30.4 Å². The van der Waals surface area contributed by atoms with Gasteiger partial charge >= 0.3 is 6.11 Å². The van der Waals surface area contributed by atoms with Crippen LogP contribution >= 0.6 is 12.2 Å². The smallest absolute Gasteiger partial charge is 0.352 e. The number of unbranched alkanes of at least 4 members (excludes halogenated alkanes) is 2. The standard InChI is InChI=1S/C35H50F3NO3S/c1-2-3-4-5-24-6-8-26(9-7-24)29-21-40-34(41-22-29)27-10-15-30(16-11-27)35(37,38)42-31-17-12-25(13-18-31)28-14-19-33(39-23-43)32(36)20-28/h14,19-20,24-27,29-31,34H,2-13,15-18,21-22H2,1H3. The first-order chi connectivity index (χ1) is 20.9. The van der Waals surface area contributed by atoms with E-state index in [0.717, 1.165) is 24.7 Å². The first-order valence-corrected chi connectivity index (χ1v) is 17.4. The van der Waals surface area contributed by atoms with Crippen molar-refractivity contribution < 1.29 is 27.4 Å². The van der Waals surface area contributed by atoms with Crippen LogP contribution in [0.1, 0.15) is 121 Å². The maximum absolute atomic E-state index is 15.3. The van der Waals surface area contributed by atoms with Crippen molar-refractivity contribution in [3.8, 4) is 0 Å². The molecule has 4 fully saturated rings. The summed E-state index contributed by atoms with van der Waals surface area (Å²) >= 11 is 4.56. The van der Waals surface area contributed by atoms with Crippen molar-refractivity contribution in [1.29, 1.82) is 0 Å². The molecule has 1 saturated heterocycles. The Morgan fingerprint density at radius 3 is 2.19 bits per heavy atom. The van der Waals surface area contributed by atoms with E-state index in [0.29, 0.717) is 63.2 Å². The molecule has 0 bridgehead atoms. The van der Waals surface area contributed by atoms with Crippen molar-refractivity contribution in [2.24, 2.45) is 34.6 Å². The molecule has 0 unspecified atom stereocenters. The predicted octanol–water partition coefficient (Wildman–Crippen LogP) is 10.4. The monoisotopic (exact) mass is 621 g/mol. The summed E-state index contributed by atoms with van der Waals surface area (Å²) < 4.78 is 62.7. The fraction of sp³-hybridized carbons (Fsp3) is 0.800. The number of hydrogen-bond donors (Lipinski definition) is 0. The molecule has 43 heavy (non-hydrogen) atoms. The molecule has 0 aromatic heterocycles. The number of aliphatic imine (C=N–C) groups is 1. The van der Waals surface area contributed by atoms with Crippen LogP contribution in [0.5, 0.6) is 0 Å². The number of nitrogens with zero attached hydrogens (tertiary/aromatic N) is 1. The van der Waals surface area contributed by atoms with Crippen molar-refractivity contribution in [3.63, 3.8) is 0 Å². The zero-order chi connectivity index (χ0) is 30.2. The highest BCUT2D eigenvalue weighted by Gasteiger charge is 2.46. The molecule has 0 spiro atoms. The SMILES string of the molecule is CCCCCC1CCC(C2COC(C3CCC(C(F)(F)OC4CCC(c5ccc(N=C=S)c(F)c5)CC4)CC3)OC2)CC1. The van der Waals surface area contributed by atoms with Gasteiger partial charge in [0, 0.05) is 11.8 Å². The molecule has 0 amide bonds. The van der Waals surface area contributed by atoms with Crippen LogP contribution in [0.2, 0.25) is 0 Å². The first kappa shape index (κ1) is 33.1. The van der Waals surface area contributed by atoms with Gasteiger partial charge in [-0.25, -0.2) is 4.39 Å². The second-order valence-corrected chi connectivity index (χ2v) is 13.9. The molecule has 4 nitrogen and oxygen atoms in total. The molecule has 1 heterocycles. The normalized spacial score (nSPS) is 34.0. The lowest BCUT2D eigenvalue weighted by Crippen LogP contribution is -2.43. The van der Waals surface area contributed by atoms with Gasteiger partial charge in [0.2, 0.25) is 0 Å². The van der Waals surface area contributed by atoms with E-state index >= 15 is 8.78 Å². The molecule has 3 saturated carbocycles. The Kier molecular flexibility index (Phi) is 12.2. The molecule has 8 heteroatoms. The summed E-state index contributed by atoms with van der Waals surface area (Å²) in [6.45, 7) is 3.76. The van der Waals surface area contributed by atoms with Crippen LogP contribution in [-0.2, 0) is 14.2 Å². The van der Waals surface area contributed by atoms with Gasteiger partial charge in [0.15, 0.2) is 6.29 Å². The van der Waals surface area contributed by atoms with E-state index in [4.69, 9.17) is 14.2 Å². The molecular formula is C35H50F3NO3S. The Bertz CT molecular complexity index is 1050. The van der Waals surface area contributed by atoms with Crippen LogP contribution in [0.4, 0.5) is 18.9 Å². The van der Waals surface area contributed by atoms with E-state index in [1.807, 2.05) is 6.07 Å². The maximum atomic E-state index is 15.3. The van der Waals surface area contributed by atoms with E-state index in [-0.39, 0.29) is 23.8 Å². The number of ether oxygens (including phenoxy) is 3. The minimum absolute atomic E-state index is 0.129. The third-order valence-electron chi connectivity index (χ3n) is 11.0. The summed E-state index contributed by atoms with van der Waals surface area (Å²) in [6.07, 6.45) is 11.5. The zero-order valence-electron chi connectivity index (χ0n) is 25.8. The average Bonchev–Trinajstić information content (AvgIpc) is 3.03. The Hall–Kier alpha value is -1.31. The zero-order valence-corrected chi connectivity index (χ0v) is 26.6. The topological polar surface area (TPSA) is 40.0 Å². The molecule has 0 radical (unpaired) electrons. The van der Waals surface area contributed by atoms with Gasteiger partial charge in [-0.3, -0.25) is 0 Å². The number of alkyl halides is 2. The number of hydrogen-bond acceptors (Lipinski definition) is 5. The highest BCUT2D eigenvalue weighted by atomic mass is 32.1. The van der Waals surface area contributed by atoms with E-state index < -0.39 is 23.9 Å². The van der Waals surface area contributed by atoms with E-state index in [2.05, 4.69) is 29.3 Å². The largest absolute Gasteiger partial charge is 0.358 e. The molecule has 0 N–H and O–H groups in total. The van der Waals surface area contributed by atoms with Crippen molar-refractivity contribution >= 4 is 23.1 Å². The van der Waals surface area contributed by atoms with Crippen LogP contribution in [-0.4, -0.2) is 36.9 Å². The molecule has 1 aromatic carbocycles. The van der Waals surface area contributed by atoms with E-state index in [1.54, 1.807) is 6.07 Å². The predicted molar refractivity (Wildman–Crippen MR) is 166 cm³/mol. The van der Waals surface area contributed by atoms with Crippen LogP contribution in [0, 0.1) is 35.4 Å². The quantitative estimate of drug-likeness (QED) is 0.140. The van der Waals surface area contributed by atoms with Crippen LogP contribution < -0.4 is 0 Å². The Balaban J connectivity index is 0.998. The third kappa shape index (κ3) is 8.91. The molecule has 0 atom stereocenters. The first-order valence-electron chi connectivity index (χ1n) is 17.0. The van der Waals surface area contributed by atoms with Gasteiger partial charge in [-0.15, -0.1) is 0 Å². The summed E-state index contributed by atoms with van der Waals surface area (Å²) in [4.78, 5) is 3.72. The van der Waals surface area contributed by atoms with Gasteiger partial charge in [0.1, 0.15) is 11.5 Å². The second kappa shape index (κ2) is 15.8. The lowest BCUT2D eigenvalue weighted by atomic mass is 9.74. The lowest BCUT2D eigenvalue weighted by Gasteiger charge is -2.42. The molecule has 1 aromatic rings. The number of thiocarbonyl (C=S) groups is 1. The Morgan fingerprint density at radius 2 is 1.56 bits per heavy atom. The van der Waals surface area contributed by atoms with Crippen molar-refractivity contribution in [1.82, 2.24) is 0 Å². The van der Waals surface area contributed by atoms with E-state index in [9.17, 15) is 4.39 Å². The fourth-order valence-electron chi connectivity index (χ4n) is 8.19. The second-order valence-electron chi connectivity index (χ2n) is 13.8. The van der Waals surface area contributed by atoms with Gasteiger partial charge in [0.25, 0.3) is 0 Å².